The lowest BCUT2D eigenvalue weighted by Gasteiger charge is -2.40. The van der Waals surface area contributed by atoms with Crippen molar-refractivity contribution >= 4 is 34.8 Å². The van der Waals surface area contributed by atoms with Gasteiger partial charge in [-0.25, -0.2) is 0 Å². The summed E-state index contributed by atoms with van der Waals surface area (Å²) in [6.45, 7) is 4.51. The summed E-state index contributed by atoms with van der Waals surface area (Å²) in [4.78, 5) is 17.3. The highest BCUT2D eigenvalue weighted by atomic mass is 35.5. The van der Waals surface area contributed by atoms with Crippen LogP contribution in [0.15, 0.2) is 72.8 Å². The molecule has 0 aromatic heterocycles. The number of rotatable bonds is 7. The summed E-state index contributed by atoms with van der Waals surface area (Å²) in [7, 11) is 1.85. The van der Waals surface area contributed by atoms with E-state index in [-0.39, 0.29) is 17.4 Å². The molecule has 0 aliphatic carbocycles. The van der Waals surface area contributed by atoms with E-state index in [4.69, 9.17) is 28.9 Å². The number of hydrogen-bond acceptors (Lipinski definition) is 3. The van der Waals surface area contributed by atoms with Gasteiger partial charge >= 0.3 is 0 Å². The Balaban J connectivity index is 1.37. The first kappa shape index (κ1) is 25.6. The quantitative estimate of drug-likeness (QED) is 0.384. The molecule has 4 rings (SSSR count). The fourth-order valence-electron chi connectivity index (χ4n) is 4.91. The summed E-state index contributed by atoms with van der Waals surface area (Å²) in [5.74, 6) is 0.200. The third-order valence-corrected chi connectivity index (χ3v) is 7.97. The lowest BCUT2D eigenvalue weighted by molar-refractivity contribution is 0.0785. The second-order valence-electron chi connectivity index (χ2n) is 9.52. The van der Waals surface area contributed by atoms with Crippen molar-refractivity contribution in [3.63, 3.8) is 0 Å². The minimum atomic E-state index is -0.277. The van der Waals surface area contributed by atoms with Gasteiger partial charge in [0, 0.05) is 49.4 Å². The van der Waals surface area contributed by atoms with Gasteiger partial charge in [0.05, 0.1) is 10.0 Å². The Morgan fingerprint density at radius 2 is 1.66 bits per heavy atom. The normalized spacial score (nSPS) is 16.1. The van der Waals surface area contributed by atoms with Gasteiger partial charge in [0.2, 0.25) is 0 Å². The van der Waals surface area contributed by atoms with E-state index >= 15 is 0 Å². The molecule has 0 bridgehead atoms. The topological polar surface area (TPSA) is 49.6 Å². The molecule has 4 nitrogen and oxygen atoms in total. The van der Waals surface area contributed by atoms with Crippen molar-refractivity contribution in [2.45, 2.75) is 37.6 Å². The Kier molecular flexibility index (Phi) is 8.05. The van der Waals surface area contributed by atoms with Crippen LogP contribution in [0.5, 0.6) is 0 Å². The van der Waals surface area contributed by atoms with Crippen molar-refractivity contribution in [1.29, 1.82) is 0 Å². The van der Waals surface area contributed by atoms with Crippen molar-refractivity contribution in [1.82, 2.24) is 4.90 Å². The molecule has 0 radical (unpaired) electrons. The van der Waals surface area contributed by atoms with Crippen LogP contribution < -0.4 is 10.6 Å². The maximum Gasteiger partial charge on any atom is 0.253 e. The van der Waals surface area contributed by atoms with Gasteiger partial charge < -0.3 is 15.5 Å². The second-order valence-corrected chi connectivity index (χ2v) is 10.3. The Hall–Kier alpha value is -2.53. The molecular formula is C29H33Cl2N3O. The maximum atomic E-state index is 13.1. The lowest BCUT2D eigenvalue weighted by Crippen LogP contribution is -2.48. The molecule has 3 aromatic rings. The van der Waals surface area contributed by atoms with Gasteiger partial charge in [-0.3, -0.25) is 4.79 Å². The van der Waals surface area contributed by atoms with E-state index in [2.05, 4.69) is 36.1 Å². The summed E-state index contributed by atoms with van der Waals surface area (Å²) in [6, 6.07) is 24.0. The SMILES string of the molecule is CCC(CN(C)C(=O)c1ccc(N2CCC(N)(c3ccccc3)CC2)cc1)c1ccc(Cl)c(Cl)c1. The highest BCUT2D eigenvalue weighted by Gasteiger charge is 2.32. The van der Waals surface area contributed by atoms with Gasteiger partial charge in [0.15, 0.2) is 0 Å². The number of nitrogens with zero attached hydrogens (tertiary/aromatic N) is 2. The zero-order chi connectivity index (χ0) is 25.0. The maximum absolute atomic E-state index is 13.1. The summed E-state index contributed by atoms with van der Waals surface area (Å²) in [6.07, 6.45) is 2.69. The summed E-state index contributed by atoms with van der Waals surface area (Å²) < 4.78 is 0. The van der Waals surface area contributed by atoms with Crippen LogP contribution in [-0.4, -0.2) is 37.5 Å². The predicted molar refractivity (Wildman–Crippen MR) is 147 cm³/mol. The lowest BCUT2D eigenvalue weighted by atomic mass is 9.82. The van der Waals surface area contributed by atoms with Gasteiger partial charge in [0.25, 0.3) is 5.91 Å². The van der Waals surface area contributed by atoms with Crippen molar-refractivity contribution in [2.24, 2.45) is 5.73 Å². The zero-order valence-corrected chi connectivity index (χ0v) is 21.9. The fourth-order valence-corrected chi connectivity index (χ4v) is 5.21. The van der Waals surface area contributed by atoms with E-state index in [1.165, 1.54) is 5.56 Å². The Morgan fingerprint density at radius 1 is 1.00 bits per heavy atom. The summed E-state index contributed by atoms with van der Waals surface area (Å²) in [5.41, 5.74) is 10.6. The first-order valence-corrected chi connectivity index (χ1v) is 13.0. The molecule has 1 saturated heterocycles. The average Bonchev–Trinajstić information content (AvgIpc) is 2.89. The molecule has 1 aliphatic heterocycles. The third kappa shape index (κ3) is 5.83. The minimum Gasteiger partial charge on any atom is -0.371 e. The van der Waals surface area contributed by atoms with Gasteiger partial charge in [-0.1, -0.05) is 66.5 Å². The molecule has 3 aromatic carbocycles. The van der Waals surface area contributed by atoms with Crippen LogP contribution in [0.1, 0.15) is 53.6 Å². The molecule has 0 saturated carbocycles. The molecule has 6 heteroatoms. The minimum absolute atomic E-state index is 0.0127. The number of likely N-dealkylation sites (N-methyl/N-ethyl adjacent to an activating group) is 1. The van der Waals surface area contributed by atoms with E-state index in [0.717, 1.165) is 43.6 Å². The highest BCUT2D eigenvalue weighted by Crippen LogP contribution is 2.33. The van der Waals surface area contributed by atoms with Gasteiger partial charge in [-0.15, -0.1) is 0 Å². The number of halogens is 2. The fraction of sp³-hybridized carbons (Fsp3) is 0.345. The molecule has 1 atom stereocenters. The number of carbonyl (C=O) groups is 1. The van der Waals surface area contributed by atoms with Crippen molar-refractivity contribution in [2.75, 3.05) is 31.6 Å². The molecular weight excluding hydrogens is 477 g/mol. The van der Waals surface area contributed by atoms with Gasteiger partial charge in [-0.2, -0.15) is 0 Å². The molecule has 0 spiro atoms. The standard InChI is InChI=1S/C29H33Cl2N3O/c1-3-21(23-11-14-26(30)27(31)19-23)20-33(2)28(35)22-9-12-25(13-10-22)34-17-15-29(32,16-18-34)24-7-5-4-6-8-24/h4-14,19,21H,3,15-18,20,32H2,1-2H3. The van der Waals surface area contributed by atoms with Crippen LogP contribution in [0.4, 0.5) is 5.69 Å². The zero-order valence-electron chi connectivity index (χ0n) is 20.4. The van der Waals surface area contributed by atoms with Crippen LogP contribution in [0.2, 0.25) is 10.0 Å². The van der Waals surface area contributed by atoms with Crippen LogP contribution in [0.3, 0.4) is 0 Å². The number of piperidine rings is 1. The molecule has 184 valence electrons. The van der Waals surface area contributed by atoms with Crippen molar-refractivity contribution in [3.05, 3.63) is 99.5 Å². The molecule has 1 fully saturated rings. The second kappa shape index (κ2) is 11.0. The molecule has 1 amide bonds. The molecule has 1 heterocycles. The molecule has 1 unspecified atom stereocenters. The molecule has 35 heavy (non-hydrogen) atoms. The number of amides is 1. The van der Waals surface area contributed by atoms with Crippen LogP contribution in [0.25, 0.3) is 0 Å². The van der Waals surface area contributed by atoms with Crippen LogP contribution in [0, 0.1) is 0 Å². The number of benzene rings is 3. The van der Waals surface area contributed by atoms with Crippen LogP contribution in [-0.2, 0) is 5.54 Å². The van der Waals surface area contributed by atoms with E-state index in [1.54, 1.807) is 4.90 Å². The van der Waals surface area contributed by atoms with Crippen molar-refractivity contribution in [3.8, 4) is 0 Å². The smallest absolute Gasteiger partial charge is 0.253 e. The summed E-state index contributed by atoms with van der Waals surface area (Å²) in [5, 5.41) is 1.08. The van der Waals surface area contributed by atoms with Crippen molar-refractivity contribution < 1.29 is 4.79 Å². The van der Waals surface area contributed by atoms with E-state index in [9.17, 15) is 4.79 Å². The third-order valence-electron chi connectivity index (χ3n) is 7.23. The first-order valence-electron chi connectivity index (χ1n) is 12.2. The largest absolute Gasteiger partial charge is 0.371 e. The van der Waals surface area contributed by atoms with E-state index < -0.39 is 0 Å². The summed E-state index contributed by atoms with van der Waals surface area (Å²) >= 11 is 12.3. The number of hydrogen-bond donors (Lipinski definition) is 1. The number of carbonyl (C=O) groups excluding carboxylic acids is 1. The first-order chi connectivity index (χ1) is 16.8. The monoisotopic (exact) mass is 509 g/mol. The Bertz CT molecular complexity index is 1140. The van der Waals surface area contributed by atoms with E-state index in [1.807, 2.05) is 55.6 Å². The Labute approximate surface area is 218 Å². The van der Waals surface area contributed by atoms with E-state index in [0.29, 0.717) is 22.2 Å². The number of anilines is 1. The molecule has 1 aliphatic rings. The predicted octanol–water partition coefficient (Wildman–Crippen LogP) is 6.71. The Morgan fingerprint density at radius 3 is 2.26 bits per heavy atom. The average molecular weight is 511 g/mol. The highest BCUT2D eigenvalue weighted by molar-refractivity contribution is 6.42. The van der Waals surface area contributed by atoms with Gasteiger partial charge in [0.1, 0.15) is 0 Å². The van der Waals surface area contributed by atoms with Gasteiger partial charge in [-0.05, 0) is 66.8 Å². The molecule has 2 N–H and O–H groups in total. The van der Waals surface area contributed by atoms with Crippen LogP contribution >= 0.6 is 23.2 Å². The number of nitrogens with two attached hydrogens (primary N) is 1.